The average molecular weight is 387 g/mol. The van der Waals surface area contributed by atoms with Gasteiger partial charge in [-0.05, 0) is 49.1 Å². The number of likely N-dealkylation sites (tertiary alicyclic amines) is 1. The minimum Gasteiger partial charge on any atom is -0.389 e. The van der Waals surface area contributed by atoms with E-state index < -0.39 is 5.60 Å². The maximum Gasteiger partial charge on any atom is 0.253 e. The van der Waals surface area contributed by atoms with Crippen LogP contribution in [0.4, 0.5) is 0 Å². The molecule has 0 saturated carbocycles. The Hall–Kier alpha value is -3.05. The number of nitrogens with zero attached hydrogens (tertiary/aromatic N) is 3. The molecule has 1 N–H and O–H groups in total. The van der Waals surface area contributed by atoms with E-state index in [9.17, 15) is 9.90 Å². The molecule has 2 heterocycles. The van der Waals surface area contributed by atoms with Gasteiger partial charge in [0.25, 0.3) is 5.91 Å². The molecule has 29 heavy (non-hydrogen) atoms. The Kier molecular flexibility index (Phi) is 5.41. The van der Waals surface area contributed by atoms with Gasteiger partial charge in [-0.3, -0.25) is 4.79 Å². The molecule has 1 saturated heterocycles. The molecule has 0 unspecified atom stereocenters. The lowest BCUT2D eigenvalue weighted by Crippen LogP contribution is -2.47. The van der Waals surface area contributed by atoms with Gasteiger partial charge in [0.15, 0.2) is 0 Å². The fraction of sp³-hybridized carbons (Fsp3) is 0.292. The highest BCUT2D eigenvalue weighted by Gasteiger charge is 2.34. The predicted molar refractivity (Wildman–Crippen MR) is 112 cm³/mol. The van der Waals surface area contributed by atoms with Gasteiger partial charge in [-0.2, -0.15) is 0 Å². The van der Waals surface area contributed by atoms with E-state index in [0.29, 0.717) is 37.9 Å². The summed E-state index contributed by atoms with van der Waals surface area (Å²) in [6, 6.07) is 17.6. The highest BCUT2D eigenvalue weighted by molar-refractivity contribution is 5.95. The molecular weight excluding hydrogens is 362 g/mol. The zero-order valence-corrected chi connectivity index (χ0v) is 16.6. The number of hydrogen-bond acceptors (Lipinski definition) is 4. The Bertz CT molecular complexity index is 982. The smallest absolute Gasteiger partial charge is 0.253 e. The molecule has 148 valence electrons. The minimum absolute atomic E-state index is 0.0177. The first-order valence-electron chi connectivity index (χ1n) is 9.97. The summed E-state index contributed by atoms with van der Waals surface area (Å²) in [5.74, 6) is 0.0177. The quantitative estimate of drug-likeness (QED) is 0.742. The Morgan fingerprint density at radius 3 is 2.52 bits per heavy atom. The standard InChI is InChI=1S/C24H25N3O2/c1-18-15-20(7-8-21(18)22-9-12-25-17-26-22)23(28)27-13-10-24(29,11-14-27)16-19-5-3-2-4-6-19/h2-9,12,15,17,29H,10-11,13-14,16H2,1H3. The van der Waals surface area contributed by atoms with Gasteiger partial charge >= 0.3 is 0 Å². The lowest BCUT2D eigenvalue weighted by Gasteiger charge is -2.38. The van der Waals surface area contributed by atoms with Crippen molar-refractivity contribution in [3.8, 4) is 11.3 Å². The highest BCUT2D eigenvalue weighted by atomic mass is 16.3. The molecule has 0 atom stereocenters. The molecule has 1 aromatic heterocycles. The summed E-state index contributed by atoms with van der Waals surface area (Å²) in [6.07, 6.45) is 5.04. The van der Waals surface area contributed by atoms with E-state index in [4.69, 9.17) is 0 Å². The van der Waals surface area contributed by atoms with Crippen LogP contribution in [-0.4, -0.2) is 44.6 Å². The van der Waals surface area contributed by atoms with Crippen LogP contribution in [0.2, 0.25) is 0 Å². The fourth-order valence-corrected chi connectivity index (χ4v) is 4.00. The van der Waals surface area contributed by atoms with Crippen LogP contribution >= 0.6 is 0 Å². The number of piperidine rings is 1. The van der Waals surface area contributed by atoms with E-state index >= 15 is 0 Å². The molecule has 1 fully saturated rings. The number of rotatable bonds is 4. The zero-order chi connectivity index (χ0) is 20.3. The van der Waals surface area contributed by atoms with E-state index in [1.807, 2.05) is 66.4 Å². The van der Waals surface area contributed by atoms with E-state index in [1.54, 1.807) is 6.20 Å². The Labute approximate surface area is 171 Å². The lowest BCUT2D eigenvalue weighted by atomic mass is 9.85. The molecule has 1 amide bonds. The molecule has 1 aliphatic rings. The average Bonchev–Trinajstić information content (AvgIpc) is 2.75. The van der Waals surface area contributed by atoms with Crippen LogP contribution in [0.15, 0.2) is 67.1 Å². The number of aliphatic hydroxyl groups is 1. The van der Waals surface area contributed by atoms with Gasteiger partial charge in [-0.1, -0.05) is 36.4 Å². The van der Waals surface area contributed by atoms with Crippen molar-refractivity contribution in [1.82, 2.24) is 14.9 Å². The fourth-order valence-electron chi connectivity index (χ4n) is 4.00. The first-order valence-corrected chi connectivity index (χ1v) is 9.97. The van der Waals surface area contributed by atoms with Gasteiger partial charge in [0.05, 0.1) is 11.3 Å². The van der Waals surface area contributed by atoms with Crippen LogP contribution in [-0.2, 0) is 6.42 Å². The summed E-state index contributed by atoms with van der Waals surface area (Å²) in [5, 5.41) is 11.0. The number of carbonyl (C=O) groups excluding carboxylic acids is 1. The Morgan fingerprint density at radius 1 is 1.10 bits per heavy atom. The summed E-state index contributed by atoms with van der Waals surface area (Å²) >= 11 is 0. The number of aromatic nitrogens is 2. The van der Waals surface area contributed by atoms with Gasteiger partial charge in [0, 0.05) is 36.8 Å². The van der Waals surface area contributed by atoms with Crippen molar-refractivity contribution in [2.24, 2.45) is 0 Å². The van der Waals surface area contributed by atoms with Gasteiger partial charge in [0.1, 0.15) is 6.33 Å². The number of benzene rings is 2. The molecule has 1 aliphatic heterocycles. The van der Waals surface area contributed by atoms with E-state index in [2.05, 4.69) is 9.97 Å². The van der Waals surface area contributed by atoms with Crippen molar-refractivity contribution in [3.63, 3.8) is 0 Å². The van der Waals surface area contributed by atoms with Crippen molar-refractivity contribution in [2.75, 3.05) is 13.1 Å². The summed E-state index contributed by atoms with van der Waals surface area (Å²) < 4.78 is 0. The van der Waals surface area contributed by atoms with Crippen LogP contribution in [0, 0.1) is 6.92 Å². The van der Waals surface area contributed by atoms with Crippen LogP contribution in [0.25, 0.3) is 11.3 Å². The SMILES string of the molecule is Cc1cc(C(=O)N2CCC(O)(Cc3ccccc3)CC2)ccc1-c1ccncn1. The first-order chi connectivity index (χ1) is 14.0. The highest BCUT2D eigenvalue weighted by Crippen LogP contribution is 2.28. The zero-order valence-electron chi connectivity index (χ0n) is 16.6. The van der Waals surface area contributed by atoms with Crippen molar-refractivity contribution >= 4 is 5.91 Å². The second kappa shape index (κ2) is 8.13. The largest absolute Gasteiger partial charge is 0.389 e. The third-order valence-electron chi connectivity index (χ3n) is 5.69. The van der Waals surface area contributed by atoms with Crippen LogP contribution in [0.3, 0.4) is 0 Å². The monoisotopic (exact) mass is 387 g/mol. The van der Waals surface area contributed by atoms with Crippen molar-refractivity contribution in [2.45, 2.75) is 31.8 Å². The summed E-state index contributed by atoms with van der Waals surface area (Å²) in [7, 11) is 0. The normalized spacial score (nSPS) is 15.9. The van der Waals surface area contributed by atoms with E-state index in [0.717, 1.165) is 22.4 Å². The Morgan fingerprint density at radius 2 is 1.86 bits per heavy atom. The molecule has 0 radical (unpaired) electrons. The summed E-state index contributed by atoms with van der Waals surface area (Å²) in [4.78, 5) is 23.1. The number of hydrogen-bond donors (Lipinski definition) is 1. The topological polar surface area (TPSA) is 66.3 Å². The number of amides is 1. The molecule has 0 aliphatic carbocycles. The molecule has 2 aromatic carbocycles. The van der Waals surface area contributed by atoms with Crippen molar-refractivity contribution in [3.05, 3.63) is 83.8 Å². The maximum absolute atomic E-state index is 13.0. The van der Waals surface area contributed by atoms with Crippen LogP contribution < -0.4 is 0 Å². The van der Waals surface area contributed by atoms with E-state index in [1.165, 1.54) is 6.33 Å². The molecule has 0 spiro atoms. The third kappa shape index (κ3) is 4.35. The van der Waals surface area contributed by atoms with Crippen molar-refractivity contribution < 1.29 is 9.90 Å². The Balaban J connectivity index is 1.43. The lowest BCUT2D eigenvalue weighted by molar-refractivity contribution is -0.0162. The van der Waals surface area contributed by atoms with Gasteiger partial charge in [0.2, 0.25) is 0 Å². The first kappa shape index (κ1) is 19.3. The number of aryl methyl sites for hydroxylation is 1. The van der Waals surface area contributed by atoms with Crippen molar-refractivity contribution in [1.29, 1.82) is 0 Å². The molecule has 3 aromatic rings. The van der Waals surface area contributed by atoms with Gasteiger partial charge in [-0.15, -0.1) is 0 Å². The second-order valence-electron chi connectivity index (χ2n) is 7.80. The minimum atomic E-state index is -0.745. The predicted octanol–water partition coefficient (Wildman–Crippen LogP) is 3.66. The molecule has 4 rings (SSSR count). The third-order valence-corrected chi connectivity index (χ3v) is 5.69. The van der Waals surface area contributed by atoms with Crippen LogP contribution in [0.1, 0.15) is 34.3 Å². The number of carbonyl (C=O) groups is 1. The van der Waals surface area contributed by atoms with Gasteiger partial charge < -0.3 is 10.0 Å². The maximum atomic E-state index is 13.0. The van der Waals surface area contributed by atoms with Gasteiger partial charge in [-0.25, -0.2) is 9.97 Å². The summed E-state index contributed by atoms with van der Waals surface area (Å²) in [5.41, 5.74) is 3.91. The molecule has 0 bridgehead atoms. The van der Waals surface area contributed by atoms with Crippen LogP contribution in [0.5, 0.6) is 0 Å². The molecule has 5 heteroatoms. The molecular formula is C24H25N3O2. The summed E-state index contributed by atoms with van der Waals surface area (Å²) in [6.45, 7) is 3.12. The van der Waals surface area contributed by atoms with E-state index in [-0.39, 0.29) is 5.91 Å². The molecule has 5 nitrogen and oxygen atoms in total. The second-order valence-corrected chi connectivity index (χ2v) is 7.80.